The van der Waals surface area contributed by atoms with Gasteiger partial charge in [0, 0.05) is 29.3 Å². The molecule has 3 nitrogen and oxygen atoms in total. The molecule has 1 aromatic carbocycles. The second-order valence-corrected chi connectivity index (χ2v) is 11.9. The van der Waals surface area contributed by atoms with E-state index in [1.54, 1.807) is 14.2 Å². The van der Waals surface area contributed by atoms with Gasteiger partial charge in [0.15, 0.2) is 0 Å². The van der Waals surface area contributed by atoms with Crippen LogP contribution in [0.2, 0.25) is 19.6 Å². The molecule has 1 aromatic heterocycles. The van der Waals surface area contributed by atoms with Crippen LogP contribution < -0.4 is 14.8 Å². The van der Waals surface area contributed by atoms with E-state index in [0.717, 1.165) is 24.5 Å². The van der Waals surface area contributed by atoms with E-state index in [4.69, 9.17) is 14.5 Å². The van der Waals surface area contributed by atoms with E-state index < -0.39 is 8.07 Å². The predicted octanol–water partition coefficient (Wildman–Crippen LogP) is 3.14. The Hall–Kier alpha value is -1.81. The SMILES string of the molecule is COc1cccc2c1Cc1cc([Si](C)(C)C)nc(OC)c1C2. The molecule has 3 rings (SSSR count). The van der Waals surface area contributed by atoms with E-state index in [2.05, 4.69) is 37.8 Å². The minimum absolute atomic E-state index is 0.795. The first-order valence-corrected chi connectivity index (χ1v) is 11.2. The van der Waals surface area contributed by atoms with Crippen molar-refractivity contribution in [3.8, 4) is 11.6 Å². The molecule has 0 fully saturated rings. The normalized spacial score (nSPS) is 13.3. The van der Waals surface area contributed by atoms with Crippen molar-refractivity contribution in [1.82, 2.24) is 4.98 Å². The number of hydrogen-bond acceptors (Lipinski definition) is 3. The summed E-state index contributed by atoms with van der Waals surface area (Å²) in [5, 5.41) is 1.21. The average Bonchev–Trinajstić information content (AvgIpc) is 2.50. The van der Waals surface area contributed by atoms with Crippen molar-refractivity contribution in [2.24, 2.45) is 0 Å². The molecule has 1 aliphatic rings. The van der Waals surface area contributed by atoms with E-state index >= 15 is 0 Å². The highest BCUT2D eigenvalue weighted by molar-refractivity contribution is 6.88. The maximum absolute atomic E-state index is 5.60. The largest absolute Gasteiger partial charge is 0.496 e. The minimum atomic E-state index is -1.48. The molecule has 0 unspecified atom stereocenters. The van der Waals surface area contributed by atoms with Crippen molar-refractivity contribution in [3.63, 3.8) is 0 Å². The Kier molecular flexibility index (Phi) is 3.73. The van der Waals surface area contributed by atoms with Crippen molar-refractivity contribution in [2.75, 3.05) is 14.2 Å². The fraction of sp³-hybridized carbons (Fsp3) is 0.389. The number of methoxy groups -OCH3 is 2. The van der Waals surface area contributed by atoms with Gasteiger partial charge in [0.05, 0.1) is 14.2 Å². The van der Waals surface area contributed by atoms with Crippen LogP contribution in [-0.2, 0) is 12.8 Å². The summed E-state index contributed by atoms with van der Waals surface area (Å²) in [5.41, 5.74) is 5.17. The number of hydrogen-bond donors (Lipinski definition) is 0. The second kappa shape index (κ2) is 5.43. The maximum atomic E-state index is 5.60. The highest BCUT2D eigenvalue weighted by Gasteiger charge is 2.26. The number of nitrogens with zero attached hydrogens (tertiary/aromatic N) is 1. The van der Waals surface area contributed by atoms with Gasteiger partial charge < -0.3 is 9.47 Å². The number of pyridine rings is 1. The molecular weight excluding hydrogens is 290 g/mol. The van der Waals surface area contributed by atoms with Gasteiger partial charge in [-0.25, -0.2) is 4.98 Å². The molecule has 4 heteroatoms. The highest BCUT2D eigenvalue weighted by Crippen LogP contribution is 2.35. The second-order valence-electron chi connectivity index (χ2n) is 6.86. The van der Waals surface area contributed by atoms with Gasteiger partial charge in [0.2, 0.25) is 5.88 Å². The lowest BCUT2D eigenvalue weighted by molar-refractivity contribution is 0.392. The van der Waals surface area contributed by atoms with Gasteiger partial charge >= 0.3 is 0 Å². The van der Waals surface area contributed by atoms with Crippen molar-refractivity contribution in [3.05, 3.63) is 46.5 Å². The predicted molar refractivity (Wildman–Crippen MR) is 92.4 cm³/mol. The fourth-order valence-electron chi connectivity index (χ4n) is 3.05. The lowest BCUT2D eigenvalue weighted by atomic mass is 9.86. The third-order valence-electron chi connectivity index (χ3n) is 4.32. The fourth-order valence-corrected chi connectivity index (χ4v) is 4.09. The monoisotopic (exact) mass is 313 g/mol. The van der Waals surface area contributed by atoms with E-state index in [0.29, 0.717) is 0 Å². The van der Waals surface area contributed by atoms with Gasteiger partial charge in [-0.1, -0.05) is 31.8 Å². The molecule has 0 spiro atoms. The van der Waals surface area contributed by atoms with Gasteiger partial charge in [0.1, 0.15) is 13.8 Å². The van der Waals surface area contributed by atoms with Crippen molar-refractivity contribution < 1.29 is 9.47 Å². The molecule has 1 aliphatic carbocycles. The quantitative estimate of drug-likeness (QED) is 0.696. The van der Waals surface area contributed by atoms with Crippen molar-refractivity contribution in [1.29, 1.82) is 0 Å². The number of rotatable bonds is 3. The Bertz CT molecular complexity index is 720. The van der Waals surface area contributed by atoms with Crippen LogP contribution in [0.25, 0.3) is 0 Å². The van der Waals surface area contributed by atoms with E-state index in [1.807, 2.05) is 6.07 Å². The average molecular weight is 313 g/mol. The topological polar surface area (TPSA) is 31.4 Å². The molecule has 0 saturated carbocycles. The van der Waals surface area contributed by atoms with Crippen LogP contribution in [-0.4, -0.2) is 27.3 Å². The molecule has 0 aliphatic heterocycles. The first-order chi connectivity index (χ1) is 10.4. The Balaban J connectivity index is 2.14. The third kappa shape index (κ3) is 2.52. The molecule has 0 amide bonds. The minimum Gasteiger partial charge on any atom is -0.496 e. The Morgan fingerprint density at radius 1 is 0.955 bits per heavy atom. The first-order valence-electron chi connectivity index (χ1n) is 7.66. The molecule has 1 heterocycles. The van der Waals surface area contributed by atoms with Crippen molar-refractivity contribution >= 4 is 13.4 Å². The summed E-state index contributed by atoms with van der Waals surface area (Å²) in [7, 11) is 1.99. The zero-order valence-electron chi connectivity index (χ0n) is 14.0. The van der Waals surface area contributed by atoms with Gasteiger partial charge in [-0.2, -0.15) is 0 Å². The van der Waals surface area contributed by atoms with E-state index in [9.17, 15) is 0 Å². The lowest BCUT2D eigenvalue weighted by Crippen LogP contribution is -2.41. The zero-order chi connectivity index (χ0) is 15.9. The van der Waals surface area contributed by atoms with Crippen LogP contribution in [0.4, 0.5) is 0 Å². The third-order valence-corrected chi connectivity index (χ3v) is 6.12. The number of ether oxygens (including phenoxy) is 2. The van der Waals surface area contributed by atoms with E-state index in [-0.39, 0.29) is 0 Å². The summed E-state index contributed by atoms with van der Waals surface area (Å²) in [5.74, 6) is 1.77. The van der Waals surface area contributed by atoms with Crippen LogP contribution >= 0.6 is 0 Å². The summed E-state index contributed by atoms with van der Waals surface area (Å²) in [6.07, 6.45) is 1.76. The summed E-state index contributed by atoms with van der Waals surface area (Å²) >= 11 is 0. The standard InChI is InChI=1S/C18H23NO2Si/c1-20-16-8-6-7-12-9-15-13(10-14(12)16)11-17(22(3,4)5)19-18(15)21-2/h6-8,11H,9-10H2,1-5H3. The summed E-state index contributed by atoms with van der Waals surface area (Å²) in [6, 6.07) is 8.56. The van der Waals surface area contributed by atoms with E-state index in [1.165, 1.54) is 27.6 Å². The van der Waals surface area contributed by atoms with Crippen LogP contribution in [0.15, 0.2) is 24.3 Å². The molecule has 116 valence electrons. The molecule has 22 heavy (non-hydrogen) atoms. The smallest absolute Gasteiger partial charge is 0.216 e. The maximum Gasteiger partial charge on any atom is 0.216 e. The number of fused-ring (bicyclic) bond motifs is 2. The lowest BCUT2D eigenvalue weighted by Gasteiger charge is -2.26. The van der Waals surface area contributed by atoms with Gasteiger partial charge in [-0.15, -0.1) is 0 Å². The molecule has 0 radical (unpaired) electrons. The van der Waals surface area contributed by atoms with Gasteiger partial charge in [-0.05, 0) is 23.3 Å². The van der Waals surface area contributed by atoms with Gasteiger partial charge in [0.25, 0.3) is 0 Å². The summed E-state index contributed by atoms with van der Waals surface area (Å²) < 4.78 is 11.1. The number of aromatic nitrogens is 1. The van der Waals surface area contributed by atoms with Crippen LogP contribution in [0.1, 0.15) is 22.3 Å². The Labute approximate surface area is 133 Å². The van der Waals surface area contributed by atoms with Crippen LogP contribution in [0.3, 0.4) is 0 Å². The Morgan fingerprint density at radius 2 is 1.68 bits per heavy atom. The molecule has 0 bridgehead atoms. The first kappa shape index (κ1) is 15.1. The molecular formula is C18H23NO2Si. The summed E-state index contributed by atoms with van der Waals surface area (Å²) in [4.78, 5) is 4.80. The Morgan fingerprint density at radius 3 is 2.32 bits per heavy atom. The number of benzene rings is 1. The molecule has 2 aromatic rings. The van der Waals surface area contributed by atoms with Crippen LogP contribution in [0, 0.1) is 0 Å². The summed E-state index contributed by atoms with van der Waals surface area (Å²) in [6.45, 7) is 6.95. The molecule has 0 saturated heterocycles. The highest BCUT2D eigenvalue weighted by atomic mass is 28.3. The van der Waals surface area contributed by atoms with Crippen LogP contribution in [0.5, 0.6) is 11.6 Å². The zero-order valence-corrected chi connectivity index (χ0v) is 15.0. The molecule has 0 atom stereocenters. The van der Waals surface area contributed by atoms with Crippen molar-refractivity contribution in [2.45, 2.75) is 32.5 Å². The van der Waals surface area contributed by atoms with Gasteiger partial charge in [-0.3, -0.25) is 0 Å². The molecule has 0 N–H and O–H groups in total.